The number of rotatable bonds is 5. The Morgan fingerprint density at radius 3 is 2.57 bits per heavy atom. The summed E-state index contributed by atoms with van der Waals surface area (Å²) in [5, 5.41) is 62.8. The van der Waals surface area contributed by atoms with Crippen molar-refractivity contribution in [2.24, 2.45) is 28.6 Å². The maximum absolute atomic E-state index is 13.5. The van der Waals surface area contributed by atoms with Crippen LogP contribution in [0.5, 0.6) is 0 Å². The number of ketones is 2. The van der Waals surface area contributed by atoms with Crippen LogP contribution in [0.3, 0.4) is 0 Å². The molecule has 0 bridgehead atoms. The second kappa shape index (κ2) is 9.31. The molecule has 37 heavy (non-hydrogen) atoms. The third-order valence-corrected chi connectivity index (χ3v) is 10.3. The Hall–Kier alpha value is -1.50. The van der Waals surface area contributed by atoms with Gasteiger partial charge in [0.05, 0.1) is 12.7 Å². The van der Waals surface area contributed by atoms with Crippen molar-refractivity contribution in [2.75, 3.05) is 13.2 Å². The molecule has 4 aliphatic carbocycles. The summed E-state index contributed by atoms with van der Waals surface area (Å²) in [5.41, 5.74) is -2.10. The van der Waals surface area contributed by atoms with E-state index in [1.165, 1.54) is 0 Å². The Kier molecular flexibility index (Phi) is 6.81. The molecule has 10 nitrogen and oxygen atoms in total. The number of fused-ring (bicyclic) bond motifs is 5. The van der Waals surface area contributed by atoms with Crippen LogP contribution in [0.15, 0.2) is 23.8 Å². The number of allylic oxidation sites excluding steroid dienone is 4. The Bertz CT molecular complexity index is 1010. The van der Waals surface area contributed by atoms with Gasteiger partial charge in [-0.05, 0) is 56.1 Å². The van der Waals surface area contributed by atoms with Crippen LogP contribution in [0.2, 0.25) is 0 Å². The van der Waals surface area contributed by atoms with Crippen molar-refractivity contribution in [3.63, 3.8) is 0 Å². The smallest absolute Gasteiger partial charge is 0.190 e. The van der Waals surface area contributed by atoms with Gasteiger partial charge in [-0.3, -0.25) is 9.59 Å². The van der Waals surface area contributed by atoms with E-state index < -0.39 is 72.2 Å². The van der Waals surface area contributed by atoms with E-state index >= 15 is 0 Å². The Balaban J connectivity index is 1.34. The molecule has 1 saturated heterocycles. The van der Waals surface area contributed by atoms with Crippen LogP contribution in [-0.2, 0) is 19.1 Å². The van der Waals surface area contributed by atoms with E-state index in [0.29, 0.717) is 6.42 Å². The first kappa shape index (κ1) is 27.1. The fourth-order valence-corrected chi connectivity index (χ4v) is 8.27. The van der Waals surface area contributed by atoms with E-state index in [0.717, 1.165) is 18.4 Å². The van der Waals surface area contributed by atoms with Crippen molar-refractivity contribution < 1.29 is 49.7 Å². The van der Waals surface area contributed by atoms with Gasteiger partial charge in [0.15, 0.2) is 17.9 Å². The van der Waals surface area contributed by atoms with E-state index in [4.69, 9.17) is 9.47 Å². The summed E-state index contributed by atoms with van der Waals surface area (Å²) in [7, 11) is 0. The van der Waals surface area contributed by atoms with Crippen molar-refractivity contribution in [1.82, 2.24) is 0 Å². The zero-order valence-electron chi connectivity index (χ0n) is 21.2. The number of aliphatic hydroxyl groups is 6. The van der Waals surface area contributed by atoms with Crippen LogP contribution in [0.4, 0.5) is 0 Å². The van der Waals surface area contributed by atoms with E-state index in [-0.39, 0.29) is 36.4 Å². The number of hydrogen-bond acceptors (Lipinski definition) is 10. The number of ether oxygens (including phenoxy) is 2. The maximum Gasteiger partial charge on any atom is 0.190 e. The second-order valence-electron chi connectivity index (χ2n) is 12.0. The molecular weight excluding hydrogens is 484 g/mol. The molecule has 5 aliphatic rings. The average molecular weight is 523 g/mol. The van der Waals surface area contributed by atoms with Gasteiger partial charge in [0, 0.05) is 16.7 Å². The van der Waals surface area contributed by atoms with Crippen LogP contribution in [-0.4, -0.2) is 97.8 Å². The third-order valence-electron chi connectivity index (χ3n) is 10.3. The first-order valence-electron chi connectivity index (χ1n) is 13.2. The van der Waals surface area contributed by atoms with Gasteiger partial charge in [-0.1, -0.05) is 25.5 Å². The number of aliphatic hydroxyl groups excluding tert-OH is 5. The normalized spacial score (nSPS) is 51.2. The molecule has 0 aromatic carbocycles. The van der Waals surface area contributed by atoms with Gasteiger partial charge in [0.25, 0.3) is 0 Å². The van der Waals surface area contributed by atoms with Crippen molar-refractivity contribution in [1.29, 1.82) is 0 Å². The van der Waals surface area contributed by atoms with Gasteiger partial charge in [-0.2, -0.15) is 0 Å². The molecule has 206 valence electrons. The van der Waals surface area contributed by atoms with Gasteiger partial charge in [0.1, 0.15) is 36.6 Å². The first-order valence-corrected chi connectivity index (χ1v) is 13.2. The highest BCUT2D eigenvalue weighted by Crippen LogP contribution is 2.67. The molecule has 0 aromatic heterocycles. The monoisotopic (exact) mass is 522 g/mol. The van der Waals surface area contributed by atoms with E-state index in [2.05, 4.69) is 6.92 Å². The number of Topliss-reactive ketones (excluding diaryl/α,β-unsaturated/α-hetero) is 1. The topological polar surface area (TPSA) is 174 Å². The Morgan fingerprint density at radius 2 is 1.86 bits per heavy atom. The minimum Gasteiger partial charge on any atom is -0.394 e. The lowest BCUT2D eigenvalue weighted by atomic mass is 9.46. The SMILES string of the molecule is C[C@]12C=CC(=O)C=C1CC[C@@H]1[C@@H]2C(O)C[C@@]2(C)[C@H]1CC[C@]2(O)C(=O)CO[C@@H]1O[C@H](CO)[C@H](O)[C@H](O)[C@H]1O. The maximum atomic E-state index is 13.5. The highest BCUT2D eigenvalue weighted by Gasteiger charge is 2.68. The highest BCUT2D eigenvalue weighted by atomic mass is 16.7. The van der Waals surface area contributed by atoms with E-state index in [1.54, 1.807) is 12.2 Å². The molecule has 6 N–H and O–H groups in total. The van der Waals surface area contributed by atoms with Crippen LogP contribution in [0, 0.1) is 28.6 Å². The van der Waals surface area contributed by atoms with E-state index in [9.17, 15) is 40.2 Å². The van der Waals surface area contributed by atoms with Gasteiger partial charge in [0.2, 0.25) is 0 Å². The Labute approximate surface area is 215 Å². The van der Waals surface area contributed by atoms with Crippen molar-refractivity contribution in [2.45, 2.75) is 88.4 Å². The molecule has 0 spiro atoms. The average Bonchev–Trinajstić information content (AvgIpc) is 3.13. The predicted octanol–water partition coefficient (Wildman–Crippen LogP) is -0.618. The molecule has 1 heterocycles. The molecule has 0 aromatic rings. The largest absolute Gasteiger partial charge is 0.394 e. The molecule has 1 aliphatic heterocycles. The van der Waals surface area contributed by atoms with Gasteiger partial charge in [-0.25, -0.2) is 0 Å². The summed E-state index contributed by atoms with van der Waals surface area (Å²) in [6.45, 7) is 2.68. The van der Waals surface area contributed by atoms with E-state index in [1.807, 2.05) is 13.0 Å². The van der Waals surface area contributed by atoms with Crippen molar-refractivity contribution in [3.05, 3.63) is 23.8 Å². The number of hydrogen-bond donors (Lipinski definition) is 6. The lowest BCUT2D eigenvalue weighted by molar-refractivity contribution is -0.300. The van der Waals surface area contributed by atoms with Crippen LogP contribution >= 0.6 is 0 Å². The summed E-state index contributed by atoms with van der Waals surface area (Å²) in [4.78, 5) is 25.4. The zero-order valence-corrected chi connectivity index (χ0v) is 21.2. The first-order chi connectivity index (χ1) is 17.4. The second-order valence-corrected chi connectivity index (χ2v) is 12.0. The summed E-state index contributed by atoms with van der Waals surface area (Å²) in [6, 6.07) is 0. The minimum absolute atomic E-state index is 0.0217. The molecule has 5 rings (SSSR count). The summed E-state index contributed by atoms with van der Waals surface area (Å²) < 4.78 is 10.8. The lowest BCUT2D eigenvalue weighted by Gasteiger charge is -2.59. The van der Waals surface area contributed by atoms with Crippen molar-refractivity contribution in [3.8, 4) is 0 Å². The molecule has 1 unspecified atom stereocenters. The minimum atomic E-state index is -1.77. The summed E-state index contributed by atoms with van der Waals surface area (Å²) in [5.74, 6) is -0.738. The summed E-state index contributed by atoms with van der Waals surface area (Å²) in [6.07, 6.45) is -0.603. The van der Waals surface area contributed by atoms with Crippen LogP contribution in [0.1, 0.15) is 46.0 Å². The highest BCUT2D eigenvalue weighted by molar-refractivity contribution is 6.01. The van der Waals surface area contributed by atoms with Gasteiger partial charge >= 0.3 is 0 Å². The lowest BCUT2D eigenvalue weighted by Crippen LogP contribution is -2.62. The number of carbonyl (C=O) groups is 2. The fraction of sp³-hybridized carbons (Fsp3) is 0.778. The standard InChI is InChI=1S/C27H38O10/c1-25-7-5-14(29)9-13(25)3-4-15-16-6-8-27(35,26(16,2)10-17(30)20(15)25)19(31)12-36-24-23(34)22(33)21(32)18(11-28)37-24/h5,7,9,15-18,20-24,28,30,32-35H,3-4,6,8,10-12H2,1-2H3/t15-,16-,17?,18+,20+,21-,22-,23+,24+,25-,26-,27-/m0/s1. The third kappa shape index (κ3) is 3.91. The molecule has 0 amide bonds. The molecule has 12 atom stereocenters. The van der Waals surface area contributed by atoms with Gasteiger partial charge in [-0.15, -0.1) is 0 Å². The molecule has 0 radical (unpaired) electrons. The van der Waals surface area contributed by atoms with Gasteiger partial charge < -0.3 is 40.1 Å². The predicted molar refractivity (Wildman–Crippen MR) is 128 cm³/mol. The molecule has 10 heteroatoms. The summed E-state index contributed by atoms with van der Waals surface area (Å²) >= 11 is 0. The Morgan fingerprint density at radius 1 is 1.14 bits per heavy atom. The molecule has 3 saturated carbocycles. The number of carbonyl (C=O) groups excluding carboxylic acids is 2. The zero-order chi connectivity index (χ0) is 26.9. The van der Waals surface area contributed by atoms with Crippen LogP contribution < -0.4 is 0 Å². The molecular formula is C27H38O10. The van der Waals surface area contributed by atoms with Crippen molar-refractivity contribution >= 4 is 11.6 Å². The fourth-order valence-electron chi connectivity index (χ4n) is 8.27. The quantitative estimate of drug-likeness (QED) is 0.273. The molecule has 4 fully saturated rings. The van der Waals surface area contributed by atoms with Crippen LogP contribution in [0.25, 0.3) is 0 Å².